The number of hydrogen-bond acceptors (Lipinski definition) is 3. The van der Waals surface area contributed by atoms with Gasteiger partial charge in [0.1, 0.15) is 5.82 Å². The maximum Gasteiger partial charge on any atom is 0.321 e. The molecule has 0 aliphatic carbocycles. The third-order valence-corrected chi connectivity index (χ3v) is 4.56. The summed E-state index contributed by atoms with van der Waals surface area (Å²) >= 11 is 0. The number of aryl methyl sites for hydroxylation is 1. The van der Waals surface area contributed by atoms with E-state index in [1.54, 1.807) is 27.9 Å². The molecule has 26 heavy (non-hydrogen) atoms. The number of halogens is 1. The Bertz CT molecular complexity index is 791. The van der Waals surface area contributed by atoms with E-state index in [9.17, 15) is 14.0 Å². The molecule has 0 spiro atoms. The standard InChI is InChI=1S/C18H22FN5O2/c1-23-14(8-9-21-23)11-20-17(25)13-5-4-10-24(12-13)18(26)22-16-7-3-2-6-15(16)19/h2-3,6-9,13H,4-5,10-12H2,1H3,(H,20,25)(H,22,26)/t13-/m0/s1. The van der Waals surface area contributed by atoms with Crippen LogP contribution in [0.2, 0.25) is 0 Å². The molecule has 1 saturated heterocycles. The number of likely N-dealkylation sites (tertiary alicyclic amines) is 1. The Kier molecular flexibility index (Phi) is 5.50. The molecule has 2 N–H and O–H groups in total. The van der Waals surface area contributed by atoms with Gasteiger partial charge in [0.05, 0.1) is 23.8 Å². The zero-order valence-electron chi connectivity index (χ0n) is 14.6. The van der Waals surface area contributed by atoms with Crippen LogP contribution in [0.3, 0.4) is 0 Å². The quantitative estimate of drug-likeness (QED) is 0.878. The number of para-hydroxylation sites is 1. The molecule has 1 aliphatic rings. The highest BCUT2D eigenvalue weighted by Crippen LogP contribution is 2.19. The molecule has 3 amide bonds. The lowest BCUT2D eigenvalue weighted by Gasteiger charge is -2.32. The van der Waals surface area contributed by atoms with Crippen molar-refractivity contribution in [1.29, 1.82) is 0 Å². The van der Waals surface area contributed by atoms with Crippen LogP contribution in [0.4, 0.5) is 14.9 Å². The molecule has 7 nitrogen and oxygen atoms in total. The van der Waals surface area contributed by atoms with Crippen LogP contribution < -0.4 is 10.6 Å². The number of urea groups is 1. The molecule has 2 aromatic rings. The highest BCUT2D eigenvalue weighted by Gasteiger charge is 2.28. The second-order valence-corrected chi connectivity index (χ2v) is 6.36. The summed E-state index contributed by atoms with van der Waals surface area (Å²) in [5, 5.41) is 9.53. The van der Waals surface area contributed by atoms with Gasteiger partial charge in [0, 0.05) is 26.3 Å². The fourth-order valence-electron chi connectivity index (χ4n) is 3.03. The van der Waals surface area contributed by atoms with Gasteiger partial charge >= 0.3 is 6.03 Å². The number of carbonyl (C=O) groups excluding carboxylic acids is 2. The van der Waals surface area contributed by atoms with Crippen molar-refractivity contribution in [3.8, 4) is 0 Å². The van der Waals surface area contributed by atoms with Crippen molar-refractivity contribution >= 4 is 17.6 Å². The van der Waals surface area contributed by atoms with Gasteiger partial charge in [-0.2, -0.15) is 5.10 Å². The molecule has 0 unspecified atom stereocenters. The Morgan fingerprint density at radius 2 is 2.12 bits per heavy atom. The average molecular weight is 359 g/mol. The zero-order valence-corrected chi connectivity index (χ0v) is 14.6. The number of piperidine rings is 1. The van der Waals surface area contributed by atoms with E-state index in [2.05, 4.69) is 15.7 Å². The average Bonchev–Trinajstić information content (AvgIpc) is 3.06. The predicted molar refractivity (Wildman–Crippen MR) is 94.8 cm³/mol. The van der Waals surface area contributed by atoms with Crippen molar-refractivity contribution in [2.75, 3.05) is 18.4 Å². The molecular formula is C18H22FN5O2. The van der Waals surface area contributed by atoms with Gasteiger partial charge in [-0.1, -0.05) is 12.1 Å². The Morgan fingerprint density at radius 1 is 1.31 bits per heavy atom. The summed E-state index contributed by atoms with van der Waals surface area (Å²) in [5.74, 6) is -0.846. The van der Waals surface area contributed by atoms with Crippen LogP contribution in [0.1, 0.15) is 18.5 Å². The minimum atomic E-state index is -0.483. The first-order valence-corrected chi connectivity index (χ1v) is 8.59. The smallest absolute Gasteiger partial charge is 0.321 e. The maximum atomic E-state index is 13.7. The molecule has 0 bridgehead atoms. The first-order chi connectivity index (χ1) is 12.5. The molecule has 0 radical (unpaired) electrons. The Morgan fingerprint density at radius 3 is 2.85 bits per heavy atom. The van der Waals surface area contributed by atoms with Crippen LogP contribution >= 0.6 is 0 Å². The summed E-state index contributed by atoms with van der Waals surface area (Å²) in [6.07, 6.45) is 3.13. The number of anilines is 1. The van der Waals surface area contributed by atoms with Crippen molar-refractivity contribution in [2.45, 2.75) is 19.4 Å². The molecule has 1 atom stereocenters. The van der Waals surface area contributed by atoms with Gasteiger partial charge in [0.15, 0.2) is 0 Å². The monoisotopic (exact) mass is 359 g/mol. The van der Waals surface area contributed by atoms with Crippen LogP contribution in [0.25, 0.3) is 0 Å². The summed E-state index contributed by atoms with van der Waals surface area (Å²) in [7, 11) is 1.82. The normalized spacial score (nSPS) is 17.0. The summed E-state index contributed by atoms with van der Waals surface area (Å²) in [5.41, 5.74) is 1.04. The highest BCUT2D eigenvalue weighted by molar-refractivity contribution is 5.90. The van der Waals surface area contributed by atoms with Crippen LogP contribution in [0, 0.1) is 11.7 Å². The van der Waals surface area contributed by atoms with Crippen molar-refractivity contribution in [3.63, 3.8) is 0 Å². The van der Waals surface area contributed by atoms with E-state index in [0.29, 0.717) is 19.6 Å². The molecule has 1 aliphatic heterocycles. The molecule has 1 fully saturated rings. The first kappa shape index (κ1) is 17.9. The topological polar surface area (TPSA) is 79.3 Å². The molecular weight excluding hydrogens is 337 g/mol. The minimum Gasteiger partial charge on any atom is -0.350 e. The van der Waals surface area contributed by atoms with Gasteiger partial charge < -0.3 is 15.5 Å². The van der Waals surface area contributed by atoms with E-state index in [1.165, 1.54) is 12.1 Å². The largest absolute Gasteiger partial charge is 0.350 e. The minimum absolute atomic E-state index is 0.0883. The van der Waals surface area contributed by atoms with Crippen LogP contribution in [0.5, 0.6) is 0 Å². The van der Waals surface area contributed by atoms with Gasteiger partial charge in [-0.3, -0.25) is 9.48 Å². The summed E-state index contributed by atoms with van der Waals surface area (Å²) < 4.78 is 15.4. The predicted octanol–water partition coefficient (Wildman–Crippen LogP) is 2.12. The van der Waals surface area contributed by atoms with Gasteiger partial charge in [0.2, 0.25) is 5.91 Å². The molecule has 2 heterocycles. The van der Waals surface area contributed by atoms with Crippen molar-refractivity contribution < 1.29 is 14.0 Å². The molecule has 138 valence electrons. The lowest BCUT2D eigenvalue weighted by molar-refractivity contribution is -0.126. The summed E-state index contributed by atoms with van der Waals surface area (Å²) in [6.45, 7) is 1.26. The Hall–Kier alpha value is -2.90. The number of nitrogens with zero attached hydrogens (tertiary/aromatic N) is 3. The number of hydrogen-bond donors (Lipinski definition) is 2. The second-order valence-electron chi connectivity index (χ2n) is 6.36. The number of nitrogens with one attached hydrogen (secondary N) is 2. The van der Waals surface area contributed by atoms with E-state index in [-0.39, 0.29) is 23.5 Å². The fraction of sp³-hybridized carbons (Fsp3) is 0.389. The van der Waals surface area contributed by atoms with E-state index >= 15 is 0 Å². The van der Waals surface area contributed by atoms with Gasteiger partial charge in [-0.25, -0.2) is 9.18 Å². The third kappa shape index (κ3) is 4.19. The van der Waals surface area contributed by atoms with Gasteiger partial charge in [0.25, 0.3) is 0 Å². The van der Waals surface area contributed by atoms with E-state index in [4.69, 9.17) is 0 Å². The SMILES string of the molecule is Cn1nccc1CNC(=O)[C@H]1CCCN(C(=O)Nc2ccccc2F)C1. The van der Waals surface area contributed by atoms with E-state index < -0.39 is 5.82 Å². The number of amides is 3. The molecule has 1 aromatic heterocycles. The van der Waals surface area contributed by atoms with Crippen LogP contribution in [-0.2, 0) is 18.4 Å². The van der Waals surface area contributed by atoms with E-state index in [1.807, 2.05) is 13.1 Å². The van der Waals surface area contributed by atoms with Crippen molar-refractivity contribution in [1.82, 2.24) is 20.0 Å². The Labute approximate surface area is 151 Å². The molecule has 0 saturated carbocycles. The number of benzene rings is 1. The lowest BCUT2D eigenvalue weighted by atomic mass is 9.97. The molecule has 3 rings (SSSR count). The maximum absolute atomic E-state index is 13.7. The van der Waals surface area contributed by atoms with Gasteiger partial charge in [-0.15, -0.1) is 0 Å². The molecule has 1 aromatic carbocycles. The summed E-state index contributed by atoms with van der Waals surface area (Å²) in [4.78, 5) is 26.4. The number of carbonyl (C=O) groups is 2. The first-order valence-electron chi connectivity index (χ1n) is 8.59. The lowest BCUT2D eigenvalue weighted by Crippen LogP contribution is -2.46. The van der Waals surface area contributed by atoms with Crippen molar-refractivity contribution in [3.05, 3.63) is 48.0 Å². The number of aromatic nitrogens is 2. The third-order valence-electron chi connectivity index (χ3n) is 4.56. The zero-order chi connectivity index (χ0) is 18.5. The number of rotatable bonds is 4. The molecule has 8 heteroatoms. The second kappa shape index (κ2) is 7.99. The van der Waals surface area contributed by atoms with E-state index in [0.717, 1.165) is 18.5 Å². The van der Waals surface area contributed by atoms with Gasteiger partial charge in [-0.05, 0) is 31.0 Å². The van der Waals surface area contributed by atoms with Crippen molar-refractivity contribution in [2.24, 2.45) is 13.0 Å². The van der Waals surface area contributed by atoms with Crippen LogP contribution in [0.15, 0.2) is 36.5 Å². The highest BCUT2D eigenvalue weighted by atomic mass is 19.1. The van der Waals surface area contributed by atoms with Crippen LogP contribution in [-0.4, -0.2) is 39.7 Å². The fourth-order valence-corrected chi connectivity index (χ4v) is 3.03. The Balaban J connectivity index is 1.54. The summed E-state index contributed by atoms with van der Waals surface area (Å²) in [6, 6.07) is 7.47.